The van der Waals surface area contributed by atoms with Gasteiger partial charge < -0.3 is 5.32 Å². The molecule has 21 heavy (non-hydrogen) atoms. The molecule has 0 aromatic rings. The summed E-state index contributed by atoms with van der Waals surface area (Å²) >= 11 is 1.68. The van der Waals surface area contributed by atoms with Gasteiger partial charge in [0, 0.05) is 38.0 Å². The maximum absolute atomic E-state index is 12.6. The van der Waals surface area contributed by atoms with Crippen LogP contribution in [-0.4, -0.2) is 67.8 Å². The average molecular weight is 336 g/mol. The minimum Gasteiger partial charge on any atom is -0.314 e. The summed E-state index contributed by atoms with van der Waals surface area (Å²) in [4.78, 5) is 0. The van der Waals surface area contributed by atoms with Crippen LogP contribution in [0.3, 0.4) is 0 Å². The van der Waals surface area contributed by atoms with E-state index in [9.17, 15) is 8.42 Å². The zero-order chi connectivity index (χ0) is 15.5. The van der Waals surface area contributed by atoms with Crippen molar-refractivity contribution in [1.29, 1.82) is 0 Å². The molecule has 2 aliphatic rings. The Bertz CT molecular complexity index is 418. The molecule has 0 aromatic carbocycles. The van der Waals surface area contributed by atoms with Gasteiger partial charge >= 0.3 is 0 Å². The molecule has 0 aromatic heterocycles. The highest BCUT2D eigenvalue weighted by Crippen LogP contribution is 2.24. The molecule has 1 saturated carbocycles. The summed E-state index contributed by atoms with van der Waals surface area (Å²) in [5.41, 5.74) is 0. The molecular formula is C14H29N3O2S2. The minimum atomic E-state index is -3.29. The lowest BCUT2D eigenvalue weighted by Crippen LogP contribution is -2.49. The Morgan fingerprint density at radius 2 is 1.90 bits per heavy atom. The quantitative estimate of drug-likeness (QED) is 0.728. The highest BCUT2D eigenvalue weighted by Gasteiger charge is 2.33. The number of nitrogens with zero attached hydrogens (tertiary/aromatic N) is 2. The third-order valence-electron chi connectivity index (χ3n) is 4.56. The van der Waals surface area contributed by atoms with Gasteiger partial charge in [0.2, 0.25) is 0 Å². The molecule has 1 saturated heterocycles. The predicted octanol–water partition coefficient (Wildman–Crippen LogP) is 1.38. The van der Waals surface area contributed by atoms with Gasteiger partial charge in [-0.2, -0.15) is 28.8 Å². The number of thioether (sulfide) groups is 1. The van der Waals surface area contributed by atoms with Gasteiger partial charge in [-0.05, 0) is 51.3 Å². The SMILES string of the molecule is CSCC(C)N(C)S(=O)(=O)N1CCC(CNC2CC2)CC1. The number of hydrogen-bond acceptors (Lipinski definition) is 4. The van der Waals surface area contributed by atoms with Crippen LogP contribution in [0.15, 0.2) is 0 Å². The maximum atomic E-state index is 12.6. The van der Waals surface area contributed by atoms with Gasteiger partial charge in [0.25, 0.3) is 10.2 Å². The van der Waals surface area contributed by atoms with Crippen molar-refractivity contribution in [2.75, 3.05) is 38.7 Å². The number of hydrogen-bond donors (Lipinski definition) is 1. The van der Waals surface area contributed by atoms with Crippen molar-refractivity contribution < 1.29 is 8.42 Å². The molecule has 1 aliphatic heterocycles. The van der Waals surface area contributed by atoms with Crippen molar-refractivity contribution in [3.63, 3.8) is 0 Å². The van der Waals surface area contributed by atoms with Crippen LogP contribution in [0.25, 0.3) is 0 Å². The van der Waals surface area contributed by atoms with E-state index < -0.39 is 10.2 Å². The Kier molecular flexibility index (Phi) is 6.38. The van der Waals surface area contributed by atoms with E-state index in [1.165, 1.54) is 17.1 Å². The lowest BCUT2D eigenvalue weighted by Gasteiger charge is -2.35. The van der Waals surface area contributed by atoms with E-state index in [4.69, 9.17) is 0 Å². The molecule has 2 rings (SSSR count). The molecule has 0 bridgehead atoms. The fourth-order valence-corrected chi connectivity index (χ4v) is 5.09. The number of rotatable bonds is 8. The minimum absolute atomic E-state index is 0.0410. The van der Waals surface area contributed by atoms with Crippen molar-refractivity contribution in [3.05, 3.63) is 0 Å². The summed E-state index contributed by atoms with van der Waals surface area (Å²) < 4.78 is 28.4. The predicted molar refractivity (Wildman–Crippen MR) is 89.8 cm³/mol. The summed E-state index contributed by atoms with van der Waals surface area (Å²) in [7, 11) is -1.59. The lowest BCUT2D eigenvalue weighted by atomic mass is 9.98. The highest BCUT2D eigenvalue weighted by atomic mass is 32.2. The Hall–Kier alpha value is 0.180. The Morgan fingerprint density at radius 3 is 2.43 bits per heavy atom. The van der Waals surface area contributed by atoms with Gasteiger partial charge in [-0.15, -0.1) is 0 Å². The van der Waals surface area contributed by atoms with E-state index in [0.717, 1.165) is 31.2 Å². The van der Waals surface area contributed by atoms with Gasteiger partial charge in [0.1, 0.15) is 0 Å². The van der Waals surface area contributed by atoms with E-state index in [0.29, 0.717) is 19.0 Å². The molecule has 124 valence electrons. The maximum Gasteiger partial charge on any atom is 0.281 e. The zero-order valence-electron chi connectivity index (χ0n) is 13.4. The van der Waals surface area contributed by atoms with Crippen LogP contribution in [-0.2, 0) is 10.2 Å². The van der Waals surface area contributed by atoms with Gasteiger partial charge in [0.15, 0.2) is 0 Å². The largest absolute Gasteiger partial charge is 0.314 e. The lowest BCUT2D eigenvalue weighted by molar-refractivity contribution is 0.248. The molecule has 1 aliphatic carbocycles. The molecular weight excluding hydrogens is 306 g/mol. The highest BCUT2D eigenvalue weighted by molar-refractivity contribution is 7.98. The number of piperidine rings is 1. The Morgan fingerprint density at radius 1 is 1.29 bits per heavy atom. The summed E-state index contributed by atoms with van der Waals surface area (Å²) in [6.07, 6.45) is 6.58. The summed E-state index contributed by atoms with van der Waals surface area (Å²) in [6.45, 7) is 4.35. The molecule has 2 fully saturated rings. The Labute approximate surface area is 134 Å². The van der Waals surface area contributed by atoms with Crippen LogP contribution in [0.2, 0.25) is 0 Å². The van der Waals surface area contributed by atoms with Crippen LogP contribution in [0.1, 0.15) is 32.6 Å². The molecule has 1 heterocycles. The van der Waals surface area contributed by atoms with Crippen molar-refractivity contribution >= 4 is 22.0 Å². The second-order valence-corrected chi connectivity index (χ2v) is 9.25. The van der Waals surface area contributed by atoms with Crippen LogP contribution < -0.4 is 5.32 Å². The van der Waals surface area contributed by atoms with E-state index >= 15 is 0 Å². The Balaban J connectivity index is 1.81. The molecule has 1 N–H and O–H groups in total. The average Bonchev–Trinajstić information content (AvgIpc) is 3.29. The van der Waals surface area contributed by atoms with E-state index in [1.54, 1.807) is 23.1 Å². The molecule has 0 amide bonds. The monoisotopic (exact) mass is 335 g/mol. The summed E-state index contributed by atoms with van der Waals surface area (Å²) in [5.74, 6) is 1.46. The first-order valence-electron chi connectivity index (χ1n) is 7.90. The third-order valence-corrected chi connectivity index (χ3v) is 7.49. The topological polar surface area (TPSA) is 52.7 Å². The molecule has 1 atom stereocenters. The molecule has 1 unspecified atom stereocenters. The fraction of sp³-hybridized carbons (Fsp3) is 1.00. The van der Waals surface area contributed by atoms with Crippen LogP contribution >= 0.6 is 11.8 Å². The standard InChI is InChI=1S/C14H29N3O2S2/c1-12(11-20-3)16(2)21(18,19)17-8-6-13(7-9-17)10-15-14-4-5-14/h12-15H,4-11H2,1-3H3. The first-order chi connectivity index (χ1) is 9.95. The fourth-order valence-electron chi connectivity index (χ4n) is 2.72. The third kappa shape index (κ3) is 4.82. The van der Waals surface area contributed by atoms with Crippen LogP contribution in [0, 0.1) is 5.92 Å². The van der Waals surface area contributed by atoms with Gasteiger partial charge in [0.05, 0.1) is 0 Å². The van der Waals surface area contributed by atoms with E-state index in [1.807, 2.05) is 13.2 Å². The van der Waals surface area contributed by atoms with Gasteiger partial charge in [-0.3, -0.25) is 0 Å². The number of nitrogens with one attached hydrogen (secondary N) is 1. The van der Waals surface area contributed by atoms with Crippen LogP contribution in [0.5, 0.6) is 0 Å². The normalized spacial score (nSPS) is 23.6. The molecule has 5 nitrogen and oxygen atoms in total. The van der Waals surface area contributed by atoms with E-state index in [2.05, 4.69) is 5.32 Å². The van der Waals surface area contributed by atoms with Crippen molar-refractivity contribution in [1.82, 2.24) is 13.9 Å². The van der Waals surface area contributed by atoms with Crippen molar-refractivity contribution in [2.45, 2.75) is 44.7 Å². The summed E-state index contributed by atoms with van der Waals surface area (Å²) in [6, 6.07) is 0.782. The smallest absolute Gasteiger partial charge is 0.281 e. The first kappa shape index (κ1) is 17.5. The molecule has 0 spiro atoms. The van der Waals surface area contributed by atoms with Crippen molar-refractivity contribution in [2.24, 2.45) is 5.92 Å². The zero-order valence-corrected chi connectivity index (χ0v) is 15.0. The molecule has 0 radical (unpaired) electrons. The van der Waals surface area contributed by atoms with Gasteiger partial charge in [-0.1, -0.05) is 0 Å². The summed E-state index contributed by atoms with van der Waals surface area (Å²) in [5, 5.41) is 3.56. The van der Waals surface area contributed by atoms with Crippen LogP contribution in [0.4, 0.5) is 0 Å². The molecule has 7 heteroatoms. The second kappa shape index (κ2) is 7.64. The van der Waals surface area contributed by atoms with Crippen molar-refractivity contribution in [3.8, 4) is 0 Å². The first-order valence-corrected chi connectivity index (χ1v) is 10.7. The van der Waals surface area contributed by atoms with Gasteiger partial charge in [-0.25, -0.2) is 0 Å². The van der Waals surface area contributed by atoms with E-state index in [-0.39, 0.29) is 6.04 Å². The second-order valence-electron chi connectivity index (χ2n) is 6.35.